The highest BCUT2D eigenvalue weighted by Crippen LogP contribution is 2.32. The number of hydrogen-bond donors (Lipinski definition) is 0. The highest BCUT2D eigenvalue weighted by molar-refractivity contribution is 6.84. The van der Waals surface area contributed by atoms with E-state index in [0.717, 1.165) is 0 Å². The van der Waals surface area contributed by atoms with Crippen molar-refractivity contribution in [1.82, 2.24) is 0 Å². The van der Waals surface area contributed by atoms with E-state index in [1.165, 1.54) is 10.4 Å². The van der Waals surface area contributed by atoms with Gasteiger partial charge in [-0.3, -0.25) is 0 Å². The Labute approximate surface area is 151 Å². The maximum absolute atomic E-state index is 4.34. The van der Waals surface area contributed by atoms with E-state index in [1.807, 2.05) is 12.4 Å². The quantitative estimate of drug-likeness (QED) is 0.221. The minimum absolute atomic E-state index is 0.177. The van der Waals surface area contributed by atoms with Crippen LogP contribution < -0.4 is 0 Å². The van der Waals surface area contributed by atoms with Crippen LogP contribution in [0.3, 0.4) is 0 Å². The van der Waals surface area contributed by atoms with Gasteiger partial charge >= 0.3 is 0 Å². The molecule has 0 rings (SSSR count). The summed E-state index contributed by atoms with van der Waals surface area (Å²) in [5.74, 6) is 0. The van der Waals surface area contributed by atoms with Crippen LogP contribution in [0.5, 0.6) is 0 Å². The Bertz CT molecular complexity index is 555. The molecular weight excluding hydrogens is 324 g/mol. The van der Waals surface area contributed by atoms with Crippen LogP contribution in [0.4, 0.5) is 0 Å². The number of nitrogens with zero attached hydrogens (tertiary/aromatic N) is 2. The zero-order chi connectivity index (χ0) is 19.4. The second kappa shape index (κ2) is 7.80. The van der Waals surface area contributed by atoms with Crippen molar-refractivity contribution >= 4 is 28.6 Å². The number of hydrogen-bond acceptors (Lipinski definition) is 2. The Hall–Kier alpha value is -1.19. The van der Waals surface area contributed by atoms with Crippen LogP contribution >= 0.6 is 0 Å². The van der Waals surface area contributed by atoms with Crippen LogP contribution in [-0.2, 0) is 0 Å². The maximum Gasteiger partial charge on any atom is 0.0835 e. The molecule has 0 aromatic rings. The second-order valence-corrected chi connectivity index (χ2v) is 19.5. The average molecular weight is 361 g/mol. The van der Waals surface area contributed by atoms with Gasteiger partial charge in [-0.1, -0.05) is 80.1 Å². The van der Waals surface area contributed by atoms with Crippen molar-refractivity contribution < 1.29 is 0 Å². The summed E-state index contributed by atoms with van der Waals surface area (Å²) in [4.78, 5) is 0. The smallest absolute Gasteiger partial charge is 0.0835 e. The molecule has 0 fully saturated rings. The van der Waals surface area contributed by atoms with Gasteiger partial charge in [0, 0.05) is 23.3 Å². The predicted octanol–water partition coefficient (Wildman–Crippen LogP) is 6.27. The monoisotopic (exact) mass is 360 g/mol. The van der Waals surface area contributed by atoms with E-state index in [9.17, 15) is 0 Å². The van der Waals surface area contributed by atoms with E-state index in [-0.39, 0.29) is 10.8 Å². The van der Waals surface area contributed by atoms with Gasteiger partial charge in [0.2, 0.25) is 0 Å². The van der Waals surface area contributed by atoms with E-state index in [1.54, 1.807) is 0 Å². The normalized spacial score (nSPS) is 13.9. The van der Waals surface area contributed by atoms with Gasteiger partial charge in [-0.25, -0.2) is 0 Å². The SMILES string of the molecule is C=C=C(C(C)(C)/C=N/N=C/C(C)(C)C(=C=C)[Si](C)(C)C)[Si](C)(C)C. The molecule has 0 atom stereocenters. The summed E-state index contributed by atoms with van der Waals surface area (Å²) in [6, 6.07) is 0. The highest BCUT2D eigenvalue weighted by atomic mass is 28.3. The fraction of sp³-hybridized carbons (Fsp3) is 0.600. The van der Waals surface area contributed by atoms with Gasteiger partial charge in [0.05, 0.1) is 16.1 Å². The molecule has 4 heteroatoms. The summed E-state index contributed by atoms with van der Waals surface area (Å²) in [7, 11) is -2.97. The standard InChI is InChI=1S/C20H36N2Si2/c1-13-17(23(7,8)9)19(3,4)15-21-22-16-20(5,6)18(14-2)24(10,11)12/h15-16H,1-2H2,3-12H3/b21-15+,22-16+. The molecule has 0 aliphatic carbocycles. The highest BCUT2D eigenvalue weighted by Gasteiger charge is 2.33. The molecule has 0 aliphatic heterocycles. The largest absolute Gasteiger partial charge is 0.163 e. The Morgan fingerprint density at radius 3 is 1.12 bits per heavy atom. The molecule has 0 saturated carbocycles. The predicted molar refractivity (Wildman–Crippen MR) is 117 cm³/mol. The molecular formula is C20H36N2Si2. The Kier molecular flexibility index (Phi) is 7.41. The minimum Gasteiger partial charge on any atom is -0.163 e. The lowest BCUT2D eigenvalue weighted by Gasteiger charge is -2.31. The lowest BCUT2D eigenvalue weighted by atomic mass is 9.94. The molecule has 0 heterocycles. The average Bonchev–Trinajstić information content (AvgIpc) is 2.31. The van der Waals surface area contributed by atoms with Gasteiger partial charge < -0.3 is 0 Å². The third-order valence-corrected chi connectivity index (χ3v) is 8.61. The first-order valence-electron chi connectivity index (χ1n) is 8.50. The number of allylic oxidation sites excluding steroid dienone is 2. The molecule has 0 bridgehead atoms. The zero-order valence-corrected chi connectivity index (χ0v) is 19.5. The molecule has 0 aromatic heterocycles. The number of rotatable bonds is 7. The molecule has 0 saturated heterocycles. The van der Waals surface area contributed by atoms with Crippen LogP contribution in [0.25, 0.3) is 0 Å². The molecule has 0 unspecified atom stereocenters. The van der Waals surface area contributed by atoms with Gasteiger partial charge in [-0.2, -0.15) is 10.2 Å². The van der Waals surface area contributed by atoms with Gasteiger partial charge in [0.1, 0.15) is 0 Å². The summed E-state index contributed by atoms with van der Waals surface area (Å²) in [6.07, 6.45) is 3.83. The summed E-state index contributed by atoms with van der Waals surface area (Å²) >= 11 is 0. The summed E-state index contributed by atoms with van der Waals surface area (Å²) in [5.41, 5.74) is 5.96. The van der Waals surface area contributed by atoms with E-state index in [2.05, 4.69) is 102 Å². The van der Waals surface area contributed by atoms with Crippen molar-refractivity contribution in [3.8, 4) is 0 Å². The Morgan fingerprint density at radius 2 is 0.958 bits per heavy atom. The summed E-state index contributed by atoms with van der Waals surface area (Å²) < 4.78 is 0. The van der Waals surface area contributed by atoms with E-state index in [0.29, 0.717) is 0 Å². The summed E-state index contributed by atoms with van der Waals surface area (Å²) in [6.45, 7) is 30.2. The molecule has 0 N–H and O–H groups in total. The third-order valence-electron chi connectivity index (χ3n) is 3.97. The van der Waals surface area contributed by atoms with Crippen molar-refractivity contribution in [2.24, 2.45) is 21.0 Å². The molecule has 0 aliphatic rings. The van der Waals surface area contributed by atoms with Crippen molar-refractivity contribution in [2.45, 2.75) is 67.0 Å². The second-order valence-electron chi connectivity index (χ2n) is 9.54. The molecule has 0 aromatic carbocycles. The molecule has 134 valence electrons. The van der Waals surface area contributed by atoms with Gasteiger partial charge in [-0.15, -0.1) is 11.5 Å². The van der Waals surface area contributed by atoms with Gasteiger partial charge in [-0.05, 0) is 10.4 Å². The Balaban J connectivity index is 5.46. The van der Waals surface area contributed by atoms with Crippen LogP contribution in [0.1, 0.15) is 27.7 Å². The molecule has 24 heavy (non-hydrogen) atoms. The fourth-order valence-electron chi connectivity index (χ4n) is 3.40. The van der Waals surface area contributed by atoms with Crippen molar-refractivity contribution in [3.63, 3.8) is 0 Å². The first kappa shape index (κ1) is 22.8. The first-order valence-corrected chi connectivity index (χ1v) is 15.5. The zero-order valence-electron chi connectivity index (χ0n) is 17.5. The fourth-order valence-corrected chi connectivity index (χ4v) is 8.46. The van der Waals surface area contributed by atoms with Crippen LogP contribution in [0.15, 0.2) is 45.2 Å². The Morgan fingerprint density at radius 1 is 0.708 bits per heavy atom. The molecule has 0 radical (unpaired) electrons. The molecule has 0 spiro atoms. The maximum atomic E-state index is 4.34. The molecule has 0 amide bonds. The van der Waals surface area contributed by atoms with Crippen molar-refractivity contribution in [2.75, 3.05) is 0 Å². The first-order chi connectivity index (χ1) is 10.6. The lowest BCUT2D eigenvalue weighted by molar-refractivity contribution is 0.660. The van der Waals surface area contributed by atoms with Gasteiger partial charge in [0.25, 0.3) is 0 Å². The lowest BCUT2D eigenvalue weighted by Crippen LogP contribution is -2.35. The molecule has 2 nitrogen and oxygen atoms in total. The van der Waals surface area contributed by atoms with Crippen molar-refractivity contribution in [3.05, 3.63) is 35.0 Å². The van der Waals surface area contributed by atoms with Crippen molar-refractivity contribution in [1.29, 1.82) is 0 Å². The van der Waals surface area contributed by atoms with E-state index < -0.39 is 16.1 Å². The van der Waals surface area contributed by atoms with Crippen LogP contribution in [0.2, 0.25) is 39.3 Å². The van der Waals surface area contributed by atoms with Gasteiger partial charge in [0.15, 0.2) is 0 Å². The summed E-state index contributed by atoms with van der Waals surface area (Å²) in [5, 5.41) is 11.2. The third kappa shape index (κ3) is 6.37. The topological polar surface area (TPSA) is 24.7 Å². The van der Waals surface area contributed by atoms with E-state index in [4.69, 9.17) is 0 Å². The van der Waals surface area contributed by atoms with E-state index >= 15 is 0 Å². The minimum atomic E-state index is -1.48. The van der Waals surface area contributed by atoms with Crippen LogP contribution in [-0.4, -0.2) is 28.6 Å². The van der Waals surface area contributed by atoms with Crippen LogP contribution in [0, 0.1) is 10.8 Å².